The molecule has 2 aromatic rings. The standard InChI is InChI=1S/C25H35N/c1-3-5-7-9-13-19-17-18-22-21-15-11-12-16-23(21)25(26)24(22)20(19)14-10-8-6-4-2/h11-12,15-18,25H,3-10,13-14,26H2,1-2H3. The number of unbranched alkanes of at least 4 members (excludes halogenated alkanes) is 6. The van der Waals surface area contributed by atoms with Gasteiger partial charge in [0.15, 0.2) is 0 Å². The first kappa shape index (κ1) is 19.2. The SMILES string of the molecule is CCCCCCc1ccc2c(c1CCCCCC)C(N)c1ccccc1-2. The van der Waals surface area contributed by atoms with Crippen molar-refractivity contribution in [2.75, 3.05) is 0 Å². The van der Waals surface area contributed by atoms with Crippen LogP contribution in [0.5, 0.6) is 0 Å². The molecule has 0 fully saturated rings. The van der Waals surface area contributed by atoms with Crippen LogP contribution in [0.15, 0.2) is 36.4 Å². The first-order valence-electron chi connectivity index (χ1n) is 10.8. The van der Waals surface area contributed by atoms with E-state index < -0.39 is 0 Å². The Kier molecular flexibility index (Phi) is 6.91. The van der Waals surface area contributed by atoms with Crippen molar-refractivity contribution in [3.63, 3.8) is 0 Å². The number of hydrogen-bond donors (Lipinski definition) is 1. The molecule has 3 rings (SSSR count). The van der Waals surface area contributed by atoms with Crippen molar-refractivity contribution in [1.29, 1.82) is 0 Å². The van der Waals surface area contributed by atoms with E-state index in [4.69, 9.17) is 5.73 Å². The lowest BCUT2D eigenvalue weighted by Crippen LogP contribution is -2.12. The molecule has 1 unspecified atom stereocenters. The minimum absolute atomic E-state index is 0.0537. The zero-order chi connectivity index (χ0) is 18.4. The summed E-state index contributed by atoms with van der Waals surface area (Å²) in [6.45, 7) is 4.57. The van der Waals surface area contributed by atoms with Gasteiger partial charge in [0.2, 0.25) is 0 Å². The summed E-state index contributed by atoms with van der Waals surface area (Å²) < 4.78 is 0. The Labute approximate surface area is 160 Å². The number of nitrogens with two attached hydrogens (primary N) is 1. The predicted molar refractivity (Wildman–Crippen MR) is 114 cm³/mol. The molecule has 0 heterocycles. The third kappa shape index (κ3) is 4.04. The van der Waals surface area contributed by atoms with Crippen molar-refractivity contribution in [2.45, 2.75) is 84.1 Å². The summed E-state index contributed by atoms with van der Waals surface area (Å²) in [6.07, 6.45) is 12.9. The van der Waals surface area contributed by atoms with Crippen LogP contribution in [0.3, 0.4) is 0 Å². The smallest absolute Gasteiger partial charge is 0.0566 e. The van der Waals surface area contributed by atoms with Gasteiger partial charge in [-0.2, -0.15) is 0 Å². The van der Waals surface area contributed by atoms with E-state index in [0.717, 1.165) is 0 Å². The van der Waals surface area contributed by atoms with Crippen LogP contribution in [-0.2, 0) is 12.8 Å². The largest absolute Gasteiger partial charge is 0.320 e. The quantitative estimate of drug-likeness (QED) is 0.461. The highest BCUT2D eigenvalue weighted by molar-refractivity contribution is 5.80. The lowest BCUT2D eigenvalue weighted by Gasteiger charge is -2.18. The molecule has 2 aromatic carbocycles. The molecule has 1 aliphatic rings. The number of benzene rings is 2. The molecular formula is C25H35N. The van der Waals surface area contributed by atoms with Crippen LogP contribution in [0.4, 0.5) is 0 Å². The minimum atomic E-state index is 0.0537. The number of hydrogen-bond acceptors (Lipinski definition) is 1. The van der Waals surface area contributed by atoms with E-state index in [2.05, 4.69) is 50.2 Å². The zero-order valence-electron chi connectivity index (χ0n) is 16.7. The van der Waals surface area contributed by atoms with Gasteiger partial charge in [-0.25, -0.2) is 0 Å². The van der Waals surface area contributed by atoms with E-state index in [0.29, 0.717) is 0 Å². The van der Waals surface area contributed by atoms with E-state index in [1.54, 1.807) is 11.1 Å². The lowest BCUT2D eigenvalue weighted by molar-refractivity contribution is 0.647. The summed E-state index contributed by atoms with van der Waals surface area (Å²) in [5.74, 6) is 0. The highest BCUT2D eigenvalue weighted by Crippen LogP contribution is 2.45. The molecule has 0 aliphatic heterocycles. The van der Waals surface area contributed by atoms with Gasteiger partial charge in [-0.3, -0.25) is 0 Å². The highest BCUT2D eigenvalue weighted by Gasteiger charge is 2.28. The molecule has 1 atom stereocenters. The molecule has 140 valence electrons. The Morgan fingerprint density at radius 2 is 1.42 bits per heavy atom. The Morgan fingerprint density at radius 1 is 0.731 bits per heavy atom. The van der Waals surface area contributed by atoms with Gasteiger partial charge in [0.25, 0.3) is 0 Å². The third-order valence-electron chi connectivity index (χ3n) is 5.93. The normalized spacial score (nSPS) is 15.1. The van der Waals surface area contributed by atoms with Crippen LogP contribution >= 0.6 is 0 Å². The molecule has 0 spiro atoms. The monoisotopic (exact) mass is 349 g/mol. The summed E-state index contributed by atoms with van der Waals surface area (Å²) >= 11 is 0. The summed E-state index contributed by atoms with van der Waals surface area (Å²) in [5, 5.41) is 0. The van der Waals surface area contributed by atoms with Crippen molar-refractivity contribution >= 4 is 0 Å². The van der Waals surface area contributed by atoms with Gasteiger partial charge in [0.05, 0.1) is 6.04 Å². The van der Waals surface area contributed by atoms with Crippen LogP contribution in [0.25, 0.3) is 11.1 Å². The lowest BCUT2D eigenvalue weighted by atomic mass is 9.88. The van der Waals surface area contributed by atoms with Gasteiger partial charge < -0.3 is 5.73 Å². The third-order valence-corrected chi connectivity index (χ3v) is 5.93. The molecule has 0 saturated heterocycles. The van der Waals surface area contributed by atoms with Crippen LogP contribution < -0.4 is 5.73 Å². The maximum absolute atomic E-state index is 6.73. The fourth-order valence-electron chi connectivity index (χ4n) is 4.47. The summed E-state index contributed by atoms with van der Waals surface area (Å²) in [6, 6.07) is 13.5. The number of aryl methyl sites for hydroxylation is 1. The Hall–Kier alpha value is -1.60. The van der Waals surface area contributed by atoms with Crippen molar-refractivity contribution in [3.05, 3.63) is 58.7 Å². The molecule has 1 heteroatoms. The fraction of sp³-hybridized carbons (Fsp3) is 0.520. The average molecular weight is 350 g/mol. The Bertz CT molecular complexity index is 716. The molecule has 0 saturated carbocycles. The minimum Gasteiger partial charge on any atom is -0.320 e. The summed E-state index contributed by atoms with van der Waals surface area (Å²) in [4.78, 5) is 0. The molecule has 0 radical (unpaired) electrons. The molecule has 1 aliphatic carbocycles. The second-order valence-corrected chi connectivity index (χ2v) is 7.85. The van der Waals surface area contributed by atoms with Gasteiger partial charge >= 0.3 is 0 Å². The molecule has 0 aromatic heterocycles. The first-order chi connectivity index (χ1) is 12.8. The van der Waals surface area contributed by atoms with Gasteiger partial charge in [0.1, 0.15) is 0 Å². The maximum Gasteiger partial charge on any atom is 0.0566 e. The van der Waals surface area contributed by atoms with Crippen LogP contribution in [0, 0.1) is 0 Å². The Balaban J connectivity index is 1.89. The topological polar surface area (TPSA) is 26.0 Å². The average Bonchev–Trinajstić information content (AvgIpc) is 2.96. The van der Waals surface area contributed by atoms with Crippen LogP contribution in [0.2, 0.25) is 0 Å². The van der Waals surface area contributed by atoms with Gasteiger partial charge in [-0.1, -0.05) is 88.8 Å². The molecule has 26 heavy (non-hydrogen) atoms. The van der Waals surface area contributed by atoms with Crippen LogP contribution in [0.1, 0.15) is 93.5 Å². The molecule has 2 N–H and O–H groups in total. The molecule has 0 bridgehead atoms. The second kappa shape index (κ2) is 9.37. The predicted octanol–water partition coefficient (Wildman–Crippen LogP) is 6.96. The highest BCUT2D eigenvalue weighted by atomic mass is 14.7. The fourth-order valence-corrected chi connectivity index (χ4v) is 4.47. The van der Waals surface area contributed by atoms with Gasteiger partial charge in [0, 0.05) is 0 Å². The number of rotatable bonds is 10. The van der Waals surface area contributed by atoms with Crippen molar-refractivity contribution < 1.29 is 0 Å². The molecular weight excluding hydrogens is 314 g/mol. The van der Waals surface area contributed by atoms with Gasteiger partial charge in [-0.05, 0) is 59.1 Å². The van der Waals surface area contributed by atoms with E-state index in [9.17, 15) is 0 Å². The summed E-state index contributed by atoms with van der Waals surface area (Å²) in [5.41, 5.74) is 15.3. The van der Waals surface area contributed by atoms with Gasteiger partial charge in [-0.15, -0.1) is 0 Å². The molecule has 1 nitrogen and oxygen atoms in total. The maximum atomic E-state index is 6.73. The number of fused-ring (bicyclic) bond motifs is 3. The first-order valence-corrected chi connectivity index (χ1v) is 10.8. The van der Waals surface area contributed by atoms with Crippen molar-refractivity contribution in [1.82, 2.24) is 0 Å². The zero-order valence-corrected chi connectivity index (χ0v) is 16.7. The van der Waals surface area contributed by atoms with E-state index in [1.807, 2.05) is 0 Å². The second-order valence-electron chi connectivity index (χ2n) is 7.85. The Morgan fingerprint density at radius 3 is 2.15 bits per heavy atom. The van der Waals surface area contributed by atoms with Crippen LogP contribution in [-0.4, -0.2) is 0 Å². The summed E-state index contributed by atoms with van der Waals surface area (Å²) in [7, 11) is 0. The van der Waals surface area contributed by atoms with E-state index in [1.165, 1.54) is 86.5 Å². The van der Waals surface area contributed by atoms with E-state index >= 15 is 0 Å². The molecule has 0 amide bonds. The van der Waals surface area contributed by atoms with E-state index in [-0.39, 0.29) is 6.04 Å². The van der Waals surface area contributed by atoms with Crippen molar-refractivity contribution in [3.8, 4) is 11.1 Å². The van der Waals surface area contributed by atoms with Crippen molar-refractivity contribution in [2.24, 2.45) is 5.73 Å².